The van der Waals surface area contributed by atoms with Crippen LogP contribution >= 0.6 is 0 Å². The second kappa shape index (κ2) is 8.26. The van der Waals surface area contributed by atoms with Crippen LogP contribution in [0, 0.1) is 19.3 Å². The van der Waals surface area contributed by atoms with Crippen LogP contribution in [0.15, 0.2) is 35.3 Å². The Morgan fingerprint density at radius 2 is 1.97 bits per heavy atom. The molecule has 0 unspecified atom stereocenters. The van der Waals surface area contributed by atoms with E-state index < -0.39 is 0 Å². The van der Waals surface area contributed by atoms with Crippen LogP contribution in [0.4, 0.5) is 0 Å². The fraction of sp³-hybridized carbons (Fsp3) is 0.500. The van der Waals surface area contributed by atoms with E-state index in [0.717, 1.165) is 67.0 Å². The average Bonchev–Trinajstić information content (AvgIpc) is 3.15. The molecule has 0 bridgehead atoms. The van der Waals surface area contributed by atoms with Crippen LogP contribution in [0.5, 0.6) is 5.75 Å². The third-order valence-electron chi connectivity index (χ3n) is 6.76. The summed E-state index contributed by atoms with van der Waals surface area (Å²) in [5.74, 6) is 1.09. The number of aromatic amines is 1. The van der Waals surface area contributed by atoms with Crippen molar-refractivity contribution in [1.29, 1.82) is 0 Å². The molecule has 1 atom stereocenters. The molecular weight excluding hydrogens is 378 g/mol. The van der Waals surface area contributed by atoms with Crippen LogP contribution in [0.25, 0.3) is 0 Å². The zero-order chi connectivity index (χ0) is 21.3. The molecule has 6 nitrogen and oxygen atoms in total. The van der Waals surface area contributed by atoms with Gasteiger partial charge in [-0.25, -0.2) is 0 Å². The van der Waals surface area contributed by atoms with Gasteiger partial charge in [-0.1, -0.05) is 12.1 Å². The maximum Gasteiger partial charge on any atom is 0.230 e. The van der Waals surface area contributed by atoms with E-state index in [1.807, 2.05) is 36.9 Å². The highest BCUT2D eigenvalue weighted by Crippen LogP contribution is 2.41. The van der Waals surface area contributed by atoms with Crippen molar-refractivity contribution >= 4 is 5.91 Å². The Hall–Kier alpha value is -2.60. The fourth-order valence-electron chi connectivity index (χ4n) is 4.96. The molecule has 0 saturated carbocycles. The maximum atomic E-state index is 13.5. The first-order valence-electron chi connectivity index (χ1n) is 10.7. The van der Waals surface area contributed by atoms with Crippen LogP contribution < -0.4 is 10.2 Å². The van der Waals surface area contributed by atoms with Crippen molar-refractivity contribution in [2.24, 2.45) is 5.41 Å². The zero-order valence-electron chi connectivity index (χ0n) is 18.2. The van der Waals surface area contributed by atoms with Crippen LogP contribution in [-0.2, 0) is 17.9 Å². The minimum Gasteiger partial charge on any atom is -0.497 e. The molecule has 2 saturated heterocycles. The number of H-pyrrole nitrogens is 1. The largest absolute Gasteiger partial charge is 0.497 e. The number of piperidine rings is 1. The minimum absolute atomic E-state index is 0.107. The van der Waals surface area contributed by atoms with E-state index in [-0.39, 0.29) is 16.8 Å². The summed E-state index contributed by atoms with van der Waals surface area (Å²) in [7, 11) is 1.66. The number of rotatable bonds is 5. The maximum absolute atomic E-state index is 13.5. The Kier molecular flexibility index (Phi) is 5.69. The van der Waals surface area contributed by atoms with E-state index in [4.69, 9.17) is 4.74 Å². The molecule has 160 valence electrons. The van der Waals surface area contributed by atoms with E-state index in [0.29, 0.717) is 13.1 Å². The lowest BCUT2D eigenvalue weighted by Crippen LogP contribution is -2.49. The van der Waals surface area contributed by atoms with Gasteiger partial charge in [0.1, 0.15) is 5.75 Å². The predicted molar refractivity (Wildman–Crippen MR) is 117 cm³/mol. The average molecular weight is 410 g/mol. The van der Waals surface area contributed by atoms with E-state index in [2.05, 4.69) is 16.0 Å². The smallest absolute Gasteiger partial charge is 0.230 e. The minimum atomic E-state index is -0.296. The van der Waals surface area contributed by atoms with E-state index >= 15 is 0 Å². The third-order valence-corrected chi connectivity index (χ3v) is 6.76. The molecular formula is C24H31N3O3. The normalized spacial score (nSPS) is 22.1. The molecule has 1 spiro atoms. The number of nitrogens with one attached hydrogen (secondary N) is 1. The number of amides is 1. The monoisotopic (exact) mass is 409 g/mol. The molecule has 3 heterocycles. The molecule has 0 aliphatic carbocycles. The molecule has 1 N–H and O–H groups in total. The van der Waals surface area contributed by atoms with Gasteiger partial charge < -0.3 is 14.6 Å². The summed E-state index contributed by atoms with van der Waals surface area (Å²) >= 11 is 0. The number of carbonyl (C=O) groups is 1. The molecule has 1 aromatic carbocycles. The summed E-state index contributed by atoms with van der Waals surface area (Å²) in [6.45, 7) is 7.48. The number of pyridine rings is 1. The number of likely N-dealkylation sites (tertiary alicyclic amines) is 2. The molecule has 30 heavy (non-hydrogen) atoms. The molecule has 4 rings (SSSR count). The SMILES string of the molecule is COc1cccc(CN2CCC[C@@]3(CCN(Cc4[nH]cc(C)c(=O)c4C)C3)C2=O)c1. The Labute approximate surface area is 177 Å². The Morgan fingerprint density at radius 1 is 1.13 bits per heavy atom. The van der Waals surface area contributed by atoms with Crippen molar-refractivity contribution in [1.82, 2.24) is 14.8 Å². The molecule has 2 fully saturated rings. The predicted octanol–water partition coefficient (Wildman–Crippen LogP) is 3.02. The van der Waals surface area contributed by atoms with Crippen LogP contribution in [0.2, 0.25) is 0 Å². The lowest BCUT2D eigenvalue weighted by molar-refractivity contribution is -0.146. The molecule has 1 amide bonds. The van der Waals surface area contributed by atoms with Crippen LogP contribution in [0.3, 0.4) is 0 Å². The quantitative estimate of drug-likeness (QED) is 0.825. The van der Waals surface area contributed by atoms with Gasteiger partial charge in [0.15, 0.2) is 5.43 Å². The lowest BCUT2D eigenvalue weighted by Gasteiger charge is -2.39. The summed E-state index contributed by atoms with van der Waals surface area (Å²) in [4.78, 5) is 33.4. The molecule has 1 aromatic heterocycles. The zero-order valence-corrected chi connectivity index (χ0v) is 18.2. The number of hydrogen-bond acceptors (Lipinski definition) is 4. The summed E-state index contributed by atoms with van der Waals surface area (Å²) in [5.41, 5.74) is 3.39. The molecule has 2 aromatic rings. The lowest BCUT2D eigenvalue weighted by atomic mass is 9.78. The second-order valence-corrected chi connectivity index (χ2v) is 8.83. The Balaban J connectivity index is 1.46. The Morgan fingerprint density at radius 3 is 2.77 bits per heavy atom. The van der Waals surface area contributed by atoms with Crippen molar-refractivity contribution in [3.63, 3.8) is 0 Å². The highest BCUT2D eigenvalue weighted by Gasteiger charge is 2.48. The van der Waals surface area contributed by atoms with E-state index in [1.54, 1.807) is 13.3 Å². The molecule has 0 radical (unpaired) electrons. The van der Waals surface area contributed by atoms with E-state index in [1.165, 1.54) is 0 Å². The van der Waals surface area contributed by atoms with Gasteiger partial charge in [0.05, 0.1) is 12.5 Å². The van der Waals surface area contributed by atoms with Gasteiger partial charge in [0.25, 0.3) is 0 Å². The van der Waals surface area contributed by atoms with Crippen molar-refractivity contribution in [3.8, 4) is 5.75 Å². The summed E-state index contributed by atoms with van der Waals surface area (Å²) < 4.78 is 5.32. The van der Waals surface area contributed by atoms with Gasteiger partial charge in [-0.3, -0.25) is 14.5 Å². The van der Waals surface area contributed by atoms with Gasteiger partial charge in [0.2, 0.25) is 5.91 Å². The molecule has 2 aliphatic rings. The summed E-state index contributed by atoms with van der Waals surface area (Å²) in [6.07, 6.45) is 4.65. The molecule has 2 aliphatic heterocycles. The first-order valence-corrected chi connectivity index (χ1v) is 10.7. The number of carbonyl (C=O) groups excluding carboxylic acids is 1. The number of nitrogens with zero attached hydrogens (tertiary/aromatic N) is 2. The number of aromatic nitrogens is 1. The highest BCUT2D eigenvalue weighted by molar-refractivity contribution is 5.84. The van der Waals surface area contributed by atoms with Gasteiger partial charge in [0, 0.05) is 49.2 Å². The highest BCUT2D eigenvalue weighted by atomic mass is 16.5. The third kappa shape index (κ3) is 3.88. The van der Waals surface area contributed by atoms with Crippen LogP contribution in [0.1, 0.15) is 41.6 Å². The van der Waals surface area contributed by atoms with Crippen molar-refractivity contribution in [3.05, 3.63) is 63.1 Å². The molecule has 6 heteroatoms. The first kappa shape index (κ1) is 20.7. The van der Waals surface area contributed by atoms with Gasteiger partial charge in [-0.05, 0) is 57.4 Å². The second-order valence-electron chi connectivity index (χ2n) is 8.83. The van der Waals surface area contributed by atoms with Gasteiger partial charge >= 0.3 is 0 Å². The van der Waals surface area contributed by atoms with Crippen molar-refractivity contribution in [2.45, 2.75) is 46.2 Å². The van der Waals surface area contributed by atoms with Gasteiger partial charge in [-0.2, -0.15) is 0 Å². The summed E-state index contributed by atoms with van der Waals surface area (Å²) in [6, 6.07) is 7.95. The number of methoxy groups -OCH3 is 1. The van der Waals surface area contributed by atoms with Gasteiger partial charge in [-0.15, -0.1) is 0 Å². The Bertz CT molecular complexity index is 999. The number of benzene rings is 1. The topological polar surface area (TPSA) is 65.6 Å². The summed E-state index contributed by atoms with van der Waals surface area (Å²) in [5, 5.41) is 0. The number of ether oxygens (including phenoxy) is 1. The van der Waals surface area contributed by atoms with Crippen molar-refractivity contribution < 1.29 is 9.53 Å². The standard InChI is InChI=1S/C24H31N3O3/c1-17-13-25-21(18(2)22(17)28)15-26-11-9-24(16-26)8-5-10-27(23(24)29)14-19-6-4-7-20(12-19)30-3/h4,6-7,12-13H,5,8-11,14-16H2,1-3H3,(H,25,28)/t24-/m0/s1. The number of aryl methyl sites for hydroxylation is 1. The van der Waals surface area contributed by atoms with Crippen LogP contribution in [-0.4, -0.2) is 47.4 Å². The van der Waals surface area contributed by atoms with Crippen molar-refractivity contribution in [2.75, 3.05) is 26.7 Å². The van der Waals surface area contributed by atoms with E-state index in [9.17, 15) is 9.59 Å². The number of hydrogen-bond donors (Lipinski definition) is 1. The fourth-order valence-corrected chi connectivity index (χ4v) is 4.96. The first-order chi connectivity index (χ1) is 14.4.